The number of hydrogen-bond donors (Lipinski definition) is 1. The molecule has 1 N–H and O–H groups in total. The van der Waals surface area contributed by atoms with E-state index in [1.165, 1.54) is 12.2 Å². The molecular weight excluding hydrogens is 202 g/mol. The van der Waals surface area contributed by atoms with Crippen molar-refractivity contribution in [3.63, 3.8) is 0 Å². The molecule has 13 heavy (non-hydrogen) atoms. The van der Waals surface area contributed by atoms with Gasteiger partial charge in [0.25, 0.3) is 0 Å². The summed E-state index contributed by atoms with van der Waals surface area (Å²) in [5.41, 5.74) is 1.03. The van der Waals surface area contributed by atoms with Gasteiger partial charge in [0, 0.05) is 6.54 Å². The summed E-state index contributed by atoms with van der Waals surface area (Å²) in [7, 11) is 0. The normalized spacial score (nSPS) is 10.0. The highest BCUT2D eigenvalue weighted by Crippen LogP contribution is 2.20. The van der Waals surface area contributed by atoms with Crippen molar-refractivity contribution in [2.45, 2.75) is 6.42 Å². The van der Waals surface area contributed by atoms with E-state index in [1.54, 1.807) is 0 Å². The van der Waals surface area contributed by atoms with Gasteiger partial charge in [-0.05, 0) is 30.6 Å². The Labute approximate surface area is 88.9 Å². The van der Waals surface area contributed by atoms with E-state index < -0.39 is 0 Å². The van der Waals surface area contributed by atoms with Gasteiger partial charge >= 0.3 is 0 Å². The second kappa shape index (κ2) is 6.17. The lowest BCUT2D eigenvalue weighted by Gasteiger charge is -2.06. The van der Waals surface area contributed by atoms with Gasteiger partial charge in [-0.3, -0.25) is 0 Å². The molecule has 0 aromatic heterocycles. The highest BCUT2D eigenvalue weighted by atomic mass is 35.5. The van der Waals surface area contributed by atoms with Crippen LogP contribution in [0.4, 0.5) is 5.69 Å². The van der Waals surface area contributed by atoms with Gasteiger partial charge in [-0.15, -0.1) is 0 Å². The van der Waals surface area contributed by atoms with Crippen LogP contribution in [0.3, 0.4) is 0 Å². The van der Waals surface area contributed by atoms with Crippen LogP contribution >= 0.6 is 23.4 Å². The molecule has 0 fully saturated rings. The largest absolute Gasteiger partial charge is 0.384 e. The van der Waals surface area contributed by atoms with E-state index in [4.69, 9.17) is 11.6 Å². The van der Waals surface area contributed by atoms with E-state index >= 15 is 0 Å². The molecule has 0 saturated carbocycles. The first-order chi connectivity index (χ1) is 6.34. The fourth-order valence-corrected chi connectivity index (χ4v) is 1.68. The van der Waals surface area contributed by atoms with Crippen molar-refractivity contribution in [1.82, 2.24) is 0 Å². The Kier molecular flexibility index (Phi) is 5.09. The Hall–Kier alpha value is -0.340. The number of halogens is 1. The SMILES string of the molecule is CSCCCNc1ccccc1Cl. The zero-order valence-electron chi connectivity index (χ0n) is 7.72. The van der Waals surface area contributed by atoms with Crippen LogP contribution in [0.1, 0.15) is 6.42 Å². The monoisotopic (exact) mass is 215 g/mol. The number of benzene rings is 1. The topological polar surface area (TPSA) is 12.0 Å². The van der Waals surface area contributed by atoms with Crippen LogP contribution in [-0.2, 0) is 0 Å². The smallest absolute Gasteiger partial charge is 0.0637 e. The van der Waals surface area contributed by atoms with Crippen LogP contribution < -0.4 is 5.32 Å². The number of para-hydroxylation sites is 1. The van der Waals surface area contributed by atoms with E-state index in [2.05, 4.69) is 11.6 Å². The summed E-state index contributed by atoms with van der Waals surface area (Å²) in [6.07, 6.45) is 3.29. The molecule has 0 aliphatic heterocycles. The third kappa shape index (κ3) is 3.92. The van der Waals surface area contributed by atoms with Crippen molar-refractivity contribution in [2.75, 3.05) is 23.9 Å². The van der Waals surface area contributed by atoms with E-state index in [9.17, 15) is 0 Å². The predicted octanol–water partition coefficient (Wildman–Crippen LogP) is 3.51. The molecule has 0 saturated heterocycles. The number of nitrogens with one attached hydrogen (secondary N) is 1. The first-order valence-electron chi connectivity index (χ1n) is 4.32. The zero-order chi connectivity index (χ0) is 9.52. The summed E-state index contributed by atoms with van der Waals surface area (Å²) in [6, 6.07) is 7.83. The van der Waals surface area contributed by atoms with Crippen molar-refractivity contribution in [1.29, 1.82) is 0 Å². The standard InChI is InChI=1S/C10H14ClNS/c1-13-8-4-7-12-10-6-3-2-5-9(10)11/h2-3,5-6,12H,4,7-8H2,1H3. The van der Waals surface area contributed by atoms with Crippen molar-refractivity contribution in [3.8, 4) is 0 Å². The Morgan fingerprint density at radius 2 is 2.15 bits per heavy atom. The first-order valence-corrected chi connectivity index (χ1v) is 6.09. The molecule has 0 aliphatic carbocycles. The molecule has 72 valence electrons. The van der Waals surface area contributed by atoms with Crippen LogP contribution in [0.25, 0.3) is 0 Å². The quantitative estimate of drug-likeness (QED) is 0.755. The van der Waals surface area contributed by atoms with Gasteiger partial charge in [0.15, 0.2) is 0 Å². The average Bonchev–Trinajstić information content (AvgIpc) is 2.15. The highest BCUT2D eigenvalue weighted by Gasteiger charge is 1.95. The fourth-order valence-electron chi connectivity index (χ4n) is 1.04. The molecule has 0 amide bonds. The molecule has 0 atom stereocenters. The summed E-state index contributed by atoms with van der Waals surface area (Å²) in [5.74, 6) is 1.19. The maximum atomic E-state index is 5.97. The minimum Gasteiger partial charge on any atom is -0.384 e. The number of rotatable bonds is 5. The average molecular weight is 216 g/mol. The molecule has 1 rings (SSSR count). The van der Waals surface area contributed by atoms with E-state index in [0.29, 0.717) is 0 Å². The lowest BCUT2D eigenvalue weighted by Crippen LogP contribution is -2.02. The van der Waals surface area contributed by atoms with Gasteiger partial charge in [0.2, 0.25) is 0 Å². The summed E-state index contributed by atoms with van der Waals surface area (Å²) in [4.78, 5) is 0. The molecule has 1 aromatic rings. The molecule has 1 aromatic carbocycles. The van der Waals surface area contributed by atoms with Crippen LogP contribution in [0, 0.1) is 0 Å². The predicted molar refractivity (Wildman–Crippen MR) is 62.9 cm³/mol. The summed E-state index contributed by atoms with van der Waals surface area (Å²) in [6.45, 7) is 0.991. The lowest BCUT2D eigenvalue weighted by atomic mass is 10.3. The van der Waals surface area contributed by atoms with Gasteiger partial charge in [-0.25, -0.2) is 0 Å². The number of thioether (sulfide) groups is 1. The summed E-state index contributed by atoms with van der Waals surface area (Å²) >= 11 is 7.84. The first kappa shape index (κ1) is 10.7. The Morgan fingerprint density at radius 1 is 1.38 bits per heavy atom. The molecule has 3 heteroatoms. The molecule has 0 bridgehead atoms. The Balaban J connectivity index is 2.32. The molecule has 0 unspecified atom stereocenters. The Morgan fingerprint density at radius 3 is 2.85 bits per heavy atom. The van der Waals surface area contributed by atoms with Crippen LogP contribution in [0.5, 0.6) is 0 Å². The van der Waals surface area contributed by atoms with Gasteiger partial charge < -0.3 is 5.32 Å². The van der Waals surface area contributed by atoms with E-state index in [1.807, 2.05) is 36.0 Å². The number of anilines is 1. The van der Waals surface area contributed by atoms with Gasteiger partial charge in [0.05, 0.1) is 10.7 Å². The van der Waals surface area contributed by atoms with Crippen LogP contribution in [0.15, 0.2) is 24.3 Å². The minimum atomic E-state index is 0.798. The van der Waals surface area contributed by atoms with Crippen molar-refractivity contribution in [3.05, 3.63) is 29.3 Å². The van der Waals surface area contributed by atoms with Crippen molar-refractivity contribution < 1.29 is 0 Å². The zero-order valence-corrected chi connectivity index (χ0v) is 9.29. The van der Waals surface area contributed by atoms with Crippen molar-refractivity contribution >= 4 is 29.1 Å². The maximum absolute atomic E-state index is 5.97. The molecule has 1 nitrogen and oxygen atoms in total. The second-order valence-corrected chi connectivity index (χ2v) is 4.15. The van der Waals surface area contributed by atoms with Crippen LogP contribution in [-0.4, -0.2) is 18.6 Å². The summed E-state index contributed by atoms with van der Waals surface area (Å²) in [5, 5.41) is 4.10. The molecule has 0 aliphatic rings. The maximum Gasteiger partial charge on any atom is 0.0637 e. The fraction of sp³-hybridized carbons (Fsp3) is 0.400. The second-order valence-electron chi connectivity index (χ2n) is 2.75. The molecular formula is C10H14ClNS. The van der Waals surface area contributed by atoms with Gasteiger partial charge in [-0.1, -0.05) is 23.7 Å². The van der Waals surface area contributed by atoms with Crippen molar-refractivity contribution in [2.24, 2.45) is 0 Å². The minimum absolute atomic E-state index is 0.798. The molecule has 0 heterocycles. The lowest BCUT2D eigenvalue weighted by molar-refractivity contribution is 0.993. The molecule has 0 spiro atoms. The number of hydrogen-bond acceptors (Lipinski definition) is 2. The van der Waals surface area contributed by atoms with E-state index in [0.717, 1.165) is 17.3 Å². The third-order valence-corrected chi connectivity index (χ3v) is 2.74. The molecule has 0 radical (unpaired) electrons. The van der Waals surface area contributed by atoms with Gasteiger partial charge in [0.1, 0.15) is 0 Å². The van der Waals surface area contributed by atoms with E-state index in [-0.39, 0.29) is 0 Å². The van der Waals surface area contributed by atoms with Gasteiger partial charge in [-0.2, -0.15) is 11.8 Å². The van der Waals surface area contributed by atoms with Crippen LogP contribution in [0.2, 0.25) is 5.02 Å². The summed E-state index contributed by atoms with van der Waals surface area (Å²) < 4.78 is 0. The Bertz CT molecular complexity index is 252. The highest BCUT2D eigenvalue weighted by molar-refractivity contribution is 7.98. The third-order valence-electron chi connectivity index (χ3n) is 1.71.